The Kier molecular flexibility index (Phi) is 4.10. The Morgan fingerprint density at radius 2 is 1.96 bits per heavy atom. The van der Waals surface area contributed by atoms with Gasteiger partial charge in [0.15, 0.2) is 0 Å². The zero-order valence-electron chi connectivity index (χ0n) is 13.4. The van der Waals surface area contributed by atoms with E-state index in [2.05, 4.69) is 15.3 Å². The van der Waals surface area contributed by atoms with Crippen LogP contribution in [0.25, 0.3) is 17.0 Å². The summed E-state index contributed by atoms with van der Waals surface area (Å²) in [5.41, 5.74) is 2.49. The van der Waals surface area contributed by atoms with Crippen molar-refractivity contribution in [1.82, 2.24) is 14.4 Å². The van der Waals surface area contributed by atoms with E-state index >= 15 is 0 Å². The van der Waals surface area contributed by atoms with Gasteiger partial charge < -0.3 is 5.32 Å². The number of fused-ring (bicyclic) bond motifs is 1. The molecule has 2 aromatic carbocycles. The fraction of sp³-hybridized carbons (Fsp3) is 0. The molecule has 0 saturated heterocycles. The summed E-state index contributed by atoms with van der Waals surface area (Å²) in [6.45, 7) is 0. The highest BCUT2D eigenvalue weighted by Gasteiger charge is 2.12. The molecule has 4 rings (SSSR count). The lowest BCUT2D eigenvalue weighted by Crippen LogP contribution is -2.12. The van der Waals surface area contributed by atoms with Crippen LogP contribution in [-0.2, 0) is 0 Å². The van der Waals surface area contributed by atoms with Crippen LogP contribution >= 0.6 is 11.6 Å². The summed E-state index contributed by atoms with van der Waals surface area (Å²) < 4.78 is 14.9. The Balaban J connectivity index is 1.55. The second-order valence-electron chi connectivity index (χ2n) is 5.61. The minimum atomic E-state index is -0.488. The van der Waals surface area contributed by atoms with Gasteiger partial charge in [-0.2, -0.15) is 0 Å². The first-order valence-corrected chi connectivity index (χ1v) is 8.14. The Hall–Kier alpha value is -3.25. The number of carbonyl (C=O) groups is 1. The molecule has 0 bridgehead atoms. The van der Waals surface area contributed by atoms with Gasteiger partial charge in [0, 0.05) is 29.8 Å². The molecule has 0 saturated carbocycles. The van der Waals surface area contributed by atoms with Gasteiger partial charge in [0.2, 0.25) is 5.78 Å². The quantitative estimate of drug-likeness (QED) is 0.583. The lowest BCUT2D eigenvalue weighted by molar-refractivity contribution is 0.102. The minimum Gasteiger partial charge on any atom is -0.322 e. The predicted molar refractivity (Wildman–Crippen MR) is 97.8 cm³/mol. The van der Waals surface area contributed by atoms with Crippen LogP contribution in [0.15, 0.2) is 67.1 Å². The van der Waals surface area contributed by atoms with Crippen molar-refractivity contribution in [3.05, 3.63) is 83.5 Å². The van der Waals surface area contributed by atoms with Crippen molar-refractivity contribution in [2.75, 3.05) is 5.32 Å². The van der Waals surface area contributed by atoms with Gasteiger partial charge in [-0.3, -0.25) is 9.20 Å². The molecule has 0 atom stereocenters. The van der Waals surface area contributed by atoms with E-state index in [4.69, 9.17) is 11.6 Å². The number of hydrogen-bond donors (Lipinski definition) is 1. The summed E-state index contributed by atoms with van der Waals surface area (Å²) in [7, 11) is 0. The molecule has 26 heavy (non-hydrogen) atoms. The first-order valence-electron chi connectivity index (χ1n) is 7.77. The van der Waals surface area contributed by atoms with Crippen molar-refractivity contribution in [3.63, 3.8) is 0 Å². The third-order valence-electron chi connectivity index (χ3n) is 3.85. The number of amides is 1. The Morgan fingerprint density at radius 3 is 2.69 bits per heavy atom. The standard InChI is InChI=1S/C19H12ClFN4O/c20-16-10-13(21)4-7-15(16)18(26)23-14-5-2-12(3-6-14)17-11-25-9-1-8-22-19(25)24-17/h1-11H,(H,23,26). The summed E-state index contributed by atoms with van der Waals surface area (Å²) in [6, 6.07) is 12.7. The van der Waals surface area contributed by atoms with Gasteiger partial charge in [0.25, 0.3) is 5.91 Å². The van der Waals surface area contributed by atoms with E-state index in [1.165, 1.54) is 12.1 Å². The Morgan fingerprint density at radius 1 is 1.15 bits per heavy atom. The van der Waals surface area contributed by atoms with E-state index < -0.39 is 11.7 Å². The molecule has 0 unspecified atom stereocenters. The number of carbonyl (C=O) groups excluding carboxylic acids is 1. The highest BCUT2D eigenvalue weighted by Crippen LogP contribution is 2.22. The normalized spacial score (nSPS) is 10.8. The van der Waals surface area contributed by atoms with Gasteiger partial charge >= 0.3 is 0 Å². The second kappa shape index (κ2) is 6.57. The van der Waals surface area contributed by atoms with Crippen LogP contribution in [0.1, 0.15) is 10.4 Å². The monoisotopic (exact) mass is 366 g/mol. The predicted octanol–water partition coefficient (Wildman–Crippen LogP) is 4.44. The average molecular weight is 367 g/mol. The van der Waals surface area contributed by atoms with Crippen LogP contribution < -0.4 is 5.32 Å². The maximum absolute atomic E-state index is 13.1. The zero-order valence-corrected chi connectivity index (χ0v) is 14.1. The highest BCUT2D eigenvalue weighted by atomic mass is 35.5. The zero-order chi connectivity index (χ0) is 18.1. The third-order valence-corrected chi connectivity index (χ3v) is 4.16. The van der Waals surface area contributed by atoms with Crippen molar-refractivity contribution in [3.8, 4) is 11.3 Å². The van der Waals surface area contributed by atoms with Gasteiger partial charge in [0.05, 0.1) is 16.3 Å². The lowest BCUT2D eigenvalue weighted by atomic mass is 10.1. The molecule has 128 valence electrons. The van der Waals surface area contributed by atoms with Crippen LogP contribution in [0.3, 0.4) is 0 Å². The molecule has 0 fully saturated rings. The largest absolute Gasteiger partial charge is 0.322 e. The number of aromatic nitrogens is 3. The van der Waals surface area contributed by atoms with E-state index in [1.54, 1.807) is 18.3 Å². The van der Waals surface area contributed by atoms with Crippen LogP contribution in [0.4, 0.5) is 10.1 Å². The van der Waals surface area contributed by atoms with Crippen LogP contribution in [0, 0.1) is 5.82 Å². The van der Waals surface area contributed by atoms with E-state index in [9.17, 15) is 9.18 Å². The number of anilines is 1. The summed E-state index contributed by atoms with van der Waals surface area (Å²) in [5.74, 6) is -0.275. The van der Waals surface area contributed by atoms with E-state index in [0.29, 0.717) is 11.5 Å². The van der Waals surface area contributed by atoms with Gasteiger partial charge in [-0.05, 0) is 36.4 Å². The van der Waals surface area contributed by atoms with Gasteiger partial charge in [-0.1, -0.05) is 23.7 Å². The van der Waals surface area contributed by atoms with Crippen molar-refractivity contribution in [1.29, 1.82) is 0 Å². The fourth-order valence-corrected chi connectivity index (χ4v) is 2.82. The molecule has 0 aliphatic heterocycles. The average Bonchev–Trinajstić information content (AvgIpc) is 3.06. The molecule has 1 amide bonds. The smallest absolute Gasteiger partial charge is 0.257 e. The number of nitrogens with one attached hydrogen (secondary N) is 1. The maximum atomic E-state index is 13.1. The van der Waals surface area contributed by atoms with Crippen molar-refractivity contribution in [2.45, 2.75) is 0 Å². The molecule has 0 radical (unpaired) electrons. The number of nitrogens with zero attached hydrogens (tertiary/aromatic N) is 3. The lowest BCUT2D eigenvalue weighted by Gasteiger charge is -2.07. The summed E-state index contributed by atoms with van der Waals surface area (Å²) in [5, 5.41) is 2.81. The third kappa shape index (κ3) is 3.14. The number of hydrogen-bond acceptors (Lipinski definition) is 3. The first kappa shape index (κ1) is 16.2. The fourth-order valence-electron chi connectivity index (χ4n) is 2.57. The first-order chi connectivity index (χ1) is 12.6. The maximum Gasteiger partial charge on any atom is 0.257 e. The molecule has 7 heteroatoms. The van der Waals surface area contributed by atoms with Gasteiger partial charge in [0.1, 0.15) is 5.82 Å². The van der Waals surface area contributed by atoms with Crippen molar-refractivity contribution in [2.24, 2.45) is 0 Å². The van der Waals surface area contributed by atoms with Crippen LogP contribution in [0.2, 0.25) is 5.02 Å². The molecular formula is C19H12ClFN4O. The highest BCUT2D eigenvalue weighted by molar-refractivity contribution is 6.34. The molecule has 0 aliphatic carbocycles. The molecule has 4 aromatic rings. The molecule has 2 aromatic heterocycles. The van der Waals surface area contributed by atoms with Gasteiger partial charge in [-0.15, -0.1) is 0 Å². The topological polar surface area (TPSA) is 59.3 Å². The SMILES string of the molecule is O=C(Nc1ccc(-c2cn3cccnc3n2)cc1)c1ccc(F)cc1Cl. The molecular weight excluding hydrogens is 355 g/mol. The van der Waals surface area contributed by atoms with E-state index in [-0.39, 0.29) is 10.6 Å². The number of benzene rings is 2. The summed E-state index contributed by atoms with van der Waals surface area (Å²) in [4.78, 5) is 20.9. The Labute approximate surface area is 153 Å². The van der Waals surface area contributed by atoms with E-state index in [1.807, 2.05) is 35.0 Å². The summed E-state index contributed by atoms with van der Waals surface area (Å²) >= 11 is 5.92. The number of imidazole rings is 1. The molecule has 5 nitrogen and oxygen atoms in total. The molecule has 1 N–H and O–H groups in total. The van der Waals surface area contributed by atoms with Crippen LogP contribution in [0.5, 0.6) is 0 Å². The summed E-state index contributed by atoms with van der Waals surface area (Å²) in [6.07, 6.45) is 5.44. The van der Waals surface area contributed by atoms with E-state index in [0.717, 1.165) is 17.3 Å². The Bertz CT molecular complexity index is 1080. The van der Waals surface area contributed by atoms with Gasteiger partial charge in [-0.25, -0.2) is 14.4 Å². The minimum absolute atomic E-state index is 0.0660. The molecule has 2 heterocycles. The number of halogens is 2. The number of rotatable bonds is 3. The van der Waals surface area contributed by atoms with Crippen molar-refractivity contribution >= 4 is 29.0 Å². The van der Waals surface area contributed by atoms with Crippen LogP contribution in [-0.4, -0.2) is 20.3 Å². The van der Waals surface area contributed by atoms with Crippen molar-refractivity contribution < 1.29 is 9.18 Å². The second-order valence-corrected chi connectivity index (χ2v) is 6.02. The molecule has 0 spiro atoms. The molecule has 0 aliphatic rings.